The van der Waals surface area contributed by atoms with Gasteiger partial charge in [0.25, 0.3) is 5.56 Å². The van der Waals surface area contributed by atoms with E-state index in [4.69, 9.17) is 0 Å². The summed E-state index contributed by atoms with van der Waals surface area (Å²) >= 11 is 1.54. The molecule has 2 aromatic carbocycles. The Morgan fingerprint density at radius 1 is 1.04 bits per heavy atom. The van der Waals surface area contributed by atoms with Crippen LogP contribution in [0.5, 0.6) is 0 Å². The summed E-state index contributed by atoms with van der Waals surface area (Å²) < 4.78 is 1.66. The first-order valence-corrected chi connectivity index (χ1v) is 10.2. The monoisotopic (exact) mass is 390 g/mol. The lowest BCUT2D eigenvalue weighted by molar-refractivity contribution is 0.590. The lowest BCUT2D eigenvalue weighted by Gasteiger charge is -2.19. The molecular formula is C22H22N4OS. The summed E-state index contributed by atoms with van der Waals surface area (Å²) in [5, 5.41) is 7.93. The SMILES string of the molecule is CC(C)(C)c1ccc(CSc2nc3[nH]ncc3c(=O)n2-c2ccccc2)cc1. The lowest BCUT2D eigenvalue weighted by Crippen LogP contribution is -2.21. The number of rotatable bonds is 4. The number of benzene rings is 2. The summed E-state index contributed by atoms with van der Waals surface area (Å²) in [6, 6.07) is 18.2. The van der Waals surface area contributed by atoms with Crippen molar-refractivity contribution < 1.29 is 0 Å². The van der Waals surface area contributed by atoms with Crippen molar-refractivity contribution in [3.05, 3.63) is 82.3 Å². The van der Waals surface area contributed by atoms with E-state index in [1.165, 1.54) is 17.3 Å². The summed E-state index contributed by atoms with van der Waals surface area (Å²) in [6.07, 6.45) is 1.53. The van der Waals surface area contributed by atoms with Gasteiger partial charge in [0.15, 0.2) is 10.8 Å². The molecule has 6 heteroatoms. The number of fused-ring (bicyclic) bond motifs is 1. The van der Waals surface area contributed by atoms with Gasteiger partial charge in [-0.1, -0.05) is 75.0 Å². The lowest BCUT2D eigenvalue weighted by atomic mass is 9.87. The highest BCUT2D eigenvalue weighted by molar-refractivity contribution is 7.98. The van der Waals surface area contributed by atoms with Gasteiger partial charge in [-0.05, 0) is 28.7 Å². The number of hydrogen-bond donors (Lipinski definition) is 1. The van der Waals surface area contributed by atoms with Crippen LogP contribution >= 0.6 is 11.8 Å². The number of aromatic amines is 1. The second-order valence-electron chi connectivity index (χ2n) is 7.74. The predicted octanol–water partition coefficient (Wildman–Crippen LogP) is 4.70. The largest absolute Gasteiger partial charge is 0.269 e. The predicted molar refractivity (Wildman–Crippen MR) is 114 cm³/mol. The Balaban J connectivity index is 1.69. The zero-order chi connectivity index (χ0) is 19.7. The van der Waals surface area contributed by atoms with Crippen molar-refractivity contribution >= 4 is 22.8 Å². The van der Waals surface area contributed by atoms with Crippen LogP contribution in [-0.4, -0.2) is 19.7 Å². The summed E-state index contributed by atoms with van der Waals surface area (Å²) in [6.45, 7) is 6.62. The molecule has 1 N–H and O–H groups in total. The van der Waals surface area contributed by atoms with Crippen molar-refractivity contribution in [2.45, 2.75) is 37.1 Å². The van der Waals surface area contributed by atoms with Gasteiger partial charge in [0.05, 0.1) is 11.9 Å². The van der Waals surface area contributed by atoms with Crippen LogP contribution in [0.3, 0.4) is 0 Å². The van der Waals surface area contributed by atoms with Crippen LogP contribution in [0.2, 0.25) is 0 Å². The number of para-hydroxylation sites is 1. The van der Waals surface area contributed by atoms with Gasteiger partial charge in [0, 0.05) is 5.75 Å². The maximum absolute atomic E-state index is 13.0. The average molecular weight is 391 g/mol. The van der Waals surface area contributed by atoms with Crippen molar-refractivity contribution in [1.82, 2.24) is 19.7 Å². The standard InChI is InChI=1S/C22H22N4OS/c1-22(2,3)16-11-9-15(10-12-16)14-28-21-24-19-18(13-23-25-19)20(27)26(21)17-7-5-4-6-8-17/h4-13H,14H2,1-3H3,(H,23,25). The second-order valence-corrected chi connectivity index (χ2v) is 8.68. The van der Waals surface area contributed by atoms with Crippen molar-refractivity contribution in [3.63, 3.8) is 0 Å². The maximum Gasteiger partial charge on any atom is 0.269 e. The number of nitrogens with zero attached hydrogens (tertiary/aromatic N) is 3. The van der Waals surface area contributed by atoms with Crippen molar-refractivity contribution in [2.24, 2.45) is 0 Å². The number of thioether (sulfide) groups is 1. The van der Waals surface area contributed by atoms with E-state index in [0.717, 1.165) is 11.4 Å². The van der Waals surface area contributed by atoms with Gasteiger partial charge in [0.2, 0.25) is 0 Å². The zero-order valence-electron chi connectivity index (χ0n) is 16.1. The van der Waals surface area contributed by atoms with Crippen molar-refractivity contribution in [2.75, 3.05) is 0 Å². The fourth-order valence-corrected chi connectivity index (χ4v) is 3.99. The van der Waals surface area contributed by atoms with Crippen LogP contribution in [0.25, 0.3) is 16.7 Å². The Kier molecular flexibility index (Phi) is 4.81. The third-order valence-corrected chi connectivity index (χ3v) is 5.66. The smallest absolute Gasteiger partial charge is 0.268 e. The second kappa shape index (κ2) is 7.28. The Morgan fingerprint density at radius 2 is 1.75 bits per heavy atom. The van der Waals surface area contributed by atoms with E-state index < -0.39 is 0 Å². The van der Waals surface area contributed by atoms with E-state index in [1.54, 1.807) is 16.3 Å². The first-order valence-electron chi connectivity index (χ1n) is 9.17. The topological polar surface area (TPSA) is 63.6 Å². The molecule has 0 aliphatic carbocycles. The molecule has 0 spiro atoms. The molecular weight excluding hydrogens is 368 g/mol. The van der Waals surface area contributed by atoms with E-state index in [0.29, 0.717) is 16.2 Å². The normalized spacial score (nSPS) is 11.8. The van der Waals surface area contributed by atoms with Crippen molar-refractivity contribution in [1.29, 1.82) is 0 Å². The average Bonchev–Trinajstić information content (AvgIpc) is 3.16. The number of H-pyrrole nitrogens is 1. The van der Waals surface area contributed by atoms with Crippen LogP contribution < -0.4 is 5.56 Å². The third-order valence-electron chi connectivity index (χ3n) is 4.65. The fourth-order valence-electron chi connectivity index (χ4n) is 3.02. The molecule has 0 amide bonds. The molecule has 2 heterocycles. The molecule has 142 valence electrons. The minimum absolute atomic E-state index is 0.115. The molecule has 0 saturated heterocycles. The molecule has 0 aliphatic rings. The van der Waals surface area contributed by atoms with Crippen molar-refractivity contribution in [3.8, 4) is 5.69 Å². The molecule has 0 atom stereocenters. The van der Waals surface area contributed by atoms with Gasteiger partial charge >= 0.3 is 0 Å². The molecule has 0 radical (unpaired) electrons. The fraction of sp³-hybridized carbons (Fsp3) is 0.227. The molecule has 4 aromatic rings. The highest BCUT2D eigenvalue weighted by Crippen LogP contribution is 2.26. The van der Waals surface area contributed by atoms with Crippen LogP contribution in [0.4, 0.5) is 0 Å². The van der Waals surface area contributed by atoms with E-state index >= 15 is 0 Å². The minimum Gasteiger partial charge on any atom is -0.268 e. The molecule has 28 heavy (non-hydrogen) atoms. The maximum atomic E-state index is 13.0. The molecule has 0 fully saturated rings. The van der Waals surface area contributed by atoms with E-state index in [-0.39, 0.29) is 11.0 Å². The summed E-state index contributed by atoms with van der Waals surface area (Å²) in [7, 11) is 0. The molecule has 5 nitrogen and oxygen atoms in total. The van der Waals surface area contributed by atoms with Crippen LogP contribution in [0, 0.1) is 0 Å². The Labute approximate surface area is 167 Å². The molecule has 0 unspecified atom stereocenters. The molecule has 2 aromatic heterocycles. The number of aromatic nitrogens is 4. The molecule has 0 saturated carbocycles. The molecule has 0 bridgehead atoms. The first-order chi connectivity index (χ1) is 13.4. The summed E-state index contributed by atoms with van der Waals surface area (Å²) in [4.78, 5) is 17.7. The highest BCUT2D eigenvalue weighted by Gasteiger charge is 2.16. The van der Waals surface area contributed by atoms with E-state index in [2.05, 4.69) is 60.2 Å². The van der Waals surface area contributed by atoms with E-state index in [9.17, 15) is 4.79 Å². The minimum atomic E-state index is -0.115. The summed E-state index contributed by atoms with van der Waals surface area (Å²) in [5.74, 6) is 0.726. The number of hydrogen-bond acceptors (Lipinski definition) is 4. The van der Waals surface area contributed by atoms with E-state index in [1.807, 2.05) is 30.3 Å². The summed E-state index contributed by atoms with van der Waals surface area (Å²) in [5.41, 5.74) is 3.83. The number of nitrogens with one attached hydrogen (secondary N) is 1. The van der Waals surface area contributed by atoms with Crippen LogP contribution in [0.15, 0.2) is 70.7 Å². The van der Waals surface area contributed by atoms with Gasteiger partial charge in [0.1, 0.15) is 5.39 Å². The zero-order valence-corrected chi connectivity index (χ0v) is 17.0. The molecule has 4 rings (SSSR count). The Bertz CT molecular complexity index is 1160. The van der Waals surface area contributed by atoms with Gasteiger partial charge < -0.3 is 0 Å². The quantitative estimate of drug-likeness (QED) is 0.405. The third kappa shape index (κ3) is 3.60. The molecule has 0 aliphatic heterocycles. The first kappa shape index (κ1) is 18.5. The van der Waals surface area contributed by atoms with Gasteiger partial charge in [-0.3, -0.25) is 14.5 Å². The Morgan fingerprint density at radius 3 is 2.43 bits per heavy atom. The van der Waals surface area contributed by atoms with Gasteiger partial charge in [-0.25, -0.2) is 4.98 Å². The van der Waals surface area contributed by atoms with Crippen LogP contribution in [0.1, 0.15) is 31.9 Å². The Hall–Kier alpha value is -2.86. The highest BCUT2D eigenvalue weighted by atomic mass is 32.2. The van der Waals surface area contributed by atoms with Crippen LogP contribution in [-0.2, 0) is 11.2 Å². The van der Waals surface area contributed by atoms with Gasteiger partial charge in [-0.15, -0.1) is 0 Å². The van der Waals surface area contributed by atoms with Gasteiger partial charge in [-0.2, -0.15) is 5.10 Å².